The number of aryl methyl sites for hydroxylation is 2. The van der Waals surface area contributed by atoms with E-state index in [2.05, 4.69) is 5.32 Å². The van der Waals surface area contributed by atoms with E-state index in [1.165, 1.54) is 4.88 Å². The van der Waals surface area contributed by atoms with Crippen LogP contribution < -0.4 is 5.32 Å². The Balaban J connectivity index is 2.12. The number of carbonyl (C=O) groups is 1. The highest BCUT2D eigenvalue weighted by molar-refractivity contribution is 7.12. The zero-order valence-electron chi connectivity index (χ0n) is 11.2. The van der Waals surface area contributed by atoms with Crippen LogP contribution in [0.15, 0.2) is 30.3 Å². The Kier molecular flexibility index (Phi) is 3.90. The number of phenols is 1. The van der Waals surface area contributed by atoms with Crippen molar-refractivity contribution >= 4 is 17.2 Å². The van der Waals surface area contributed by atoms with Gasteiger partial charge in [-0.2, -0.15) is 0 Å². The van der Waals surface area contributed by atoms with E-state index in [1.54, 1.807) is 23.5 Å². The zero-order chi connectivity index (χ0) is 14.0. The average molecular weight is 275 g/mol. The summed E-state index contributed by atoms with van der Waals surface area (Å²) < 4.78 is 0. The van der Waals surface area contributed by atoms with E-state index in [0.717, 1.165) is 10.4 Å². The van der Waals surface area contributed by atoms with Gasteiger partial charge in [-0.3, -0.25) is 4.79 Å². The van der Waals surface area contributed by atoms with Gasteiger partial charge in [0.25, 0.3) is 5.91 Å². The maximum Gasteiger partial charge on any atom is 0.255 e. The van der Waals surface area contributed by atoms with Gasteiger partial charge in [-0.15, -0.1) is 11.3 Å². The highest BCUT2D eigenvalue weighted by Crippen LogP contribution is 2.24. The molecule has 0 spiro atoms. The van der Waals surface area contributed by atoms with Crippen molar-refractivity contribution in [3.8, 4) is 5.75 Å². The van der Waals surface area contributed by atoms with Crippen LogP contribution >= 0.6 is 11.3 Å². The molecule has 100 valence electrons. The molecule has 2 aromatic rings. The molecule has 1 aromatic carbocycles. The van der Waals surface area contributed by atoms with Gasteiger partial charge in [-0.1, -0.05) is 6.07 Å². The third kappa shape index (κ3) is 3.15. The van der Waals surface area contributed by atoms with Crippen molar-refractivity contribution in [3.05, 3.63) is 51.2 Å². The van der Waals surface area contributed by atoms with Crippen LogP contribution in [0.1, 0.15) is 38.6 Å². The van der Waals surface area contributed by atoms with Gasteiger partial charge >= 0.3 is 0 Å². The van der Waals surface area contributed by atoms with E-state index in [0.29, 0.717) is 5.56 Å². The van der Waals surface area contributed by atoms with Gasteiger partial charge in [0.05, 0.1) is 11.6 Å². The first-order valence-electron chi connectivity index (χ1n) is 6.14. The molecule has 1 aromatic heterocycles. The summed E-state index contributed by atoms with van der Waals surface area (Å²) >= 11 is 1.66. The molecule has 0 fully saturated rings. The van der Waals surface area contributed by atoms with Crippen molar-refractivity contribution in [3.63, 3.8) is 0 Å². The molecule has 0 saturated carbocycles. The molecule has 1 atom stereocenters. The number of aromatic hydroxyl groups is 1. The quantitative estimate of drug-likeness (QED) is 0.899. The second kappa shape index (κ2) is 5.45. The van der Waals surface area contributed by atoms with Crippen molar-refractivity contribution in [2.75, 3.05) is 0 Å². The topological polar surface area (TPSA) is 49.3 Å². The number of rotatable bonds is 3. The van der Waals surface area contributed by atoms with E-state index < -0.39 is 0 Å². The number of nitrogens with one attached hydrogen (secondary N) is 1. The minimum Gasteiger partial charge on any atom is -0.507 e. The lowest BCUT2D eigenvalue weighted by Gasteiger charge is -2.13. The van der Waals surface area contributed by atoms with Crippen molar-refractivity contribution < 1.29 is 9.90 Å². The molecule has 2 N–H and O–H groups in total. The van der Waals surface area contributed by atoms with E-state index in [1.807, 2.05) is 39.0 Å². The molecule has 0 bridgehead atoms. The van der Waals surface area contributed by atoms with Gasteiger partial charge in [0.2, 0.25) is 0 Å². The first-order valence-corrected chi connectivity index (χ1v) is 6.96. The number of hydrogen-bond acceptors (Lipinski definition) is 3. The number of amides is 1. The first-order chi connectivity index (χ1) is 8.97. The van der Waals surface area contributed by atoms with Gasteiger partial charge in [0.15, 0.2) is 0 Å². The third-order valence-corrected chi connectivity index (χ3v) is 4.12. The molecule has 0 saturated heterocycles. The molecule has 2 rings (SSSR count). The normalized spacial score (nSPS) is 12.2. The smallest absolute Gasteiger partial charge is 0.255 e. The summed E-state index contributed by atoms with van der Waals surface area (Å²) in [5, 5.41) is 12.7. The summed E-state index contributed by atoms with van der Waals surface area (Å²) in [7, 11) is 0. The highest BCUT2D eigenvalue weighted by atomic mass is 32.1. The zero-order valence-corrected chi connectivity index (χ0v) is 12.0. The molecule has 0 radical (unpaired) electrons. The number of phenolic OH excluding ortho intramolecular Hbond substituents is 1. The summed E-state index contributed by atoms with van der Waals surface area (Å²) in [5.41, 5.74) is 1.24. The van der Waals surface area contributed by atoms with Crippen LogP contribution in [0.5, 0.6) is 5.75 Å². The van der Waals surface area contributed by atoms with Crippen LogP contribution in [0, 0.1) is 13.8 Å². The Hall–Kier alpha value is -1.81. The summed E-state index contributed by atoms with van der Waals surface area (Å²) in [5.74, 6) is -0.233. The van der Waals surface area contributed by atoms with Crippen LogP contribution in [0.3, 0.4) is 0 Å². The second-order valence-electron chi connectivity index (χ2n) is 4.66. The van der Waals surface area contributed by atoms with Gasteiger partial charge in [-0.25, -0.2) is 0 Å². The van der Waals surface area contributed by atoms with Gasteiger partial charge in [0.1, 0.15) is 5.75 Å². The van der Waals surface area contributed by atoms with E-state index in [-0.39, 0.29) is 17.7 Å². The molecular formula is C15H17NO2S. The fourth-order valence-corrected chi connectivity index (χ4v) is 2.75. The van der Waals surface area contributed by atoms with E-state index in [9.17, 15) is 9.90 Å². The maximum atomic E-state index is 12.1. The van der Waals surface area contributed by atoms with Crippen molar-refractivity contribution in [2.24, 2.45) is 0 Å². The Bertz CT molecular complexity index is 604. The number of benzene rings is 1. The van der Waals surface area contributed by atoms with Crippen molar-refractivity contribution in [1.29, 1.82) is 0 Å². The van der Waals surface area contributed by atoms with Crippen molar-refractivity contribution in [2.45, 2.75) is 26.8 Å². The Morgan fingerprint density at radius 3 is 2.58 bits per heavy atom. The van der Waals surface area contributed by atoms with Crippen LogP contribution in [0.2, 0.25) is 0 Å². The predicted octanol–water partition coefficient (Wildman–Crippen LogP) is 3.56. The van der Waals surface area contributed by atoms with Crippen LogP contribution in [0.25, 0.3) is 0 Å². The van der Waals surface area contributed by atoms with Gasteiger partial charge in [-0.05, 0) is 50.6 Å². The first kappa shape index (κ1) is 13.6. The Morgan fingerprint density at radius 1 is 1.26 bits per heavy atom. The molecule has 0 aliphatic carbocycles. The maximum absolute atomic E-state index is 12.1. The van der Waals surface area contributed by atoms with Crippen molar-refractivity contribution in [1.82, 2.24) is 5.32 Å². The van der Waals surface area contributed by atoms with E-state index >= 15 is 0 Å². The van der Waals surface area contributed by atoms with Crippen LogP contribution in [-0.4, -0.2) is 11.0 Å². The largest absolute Gasteiger partial charge is 0.507 e. The summed E-state index contributed by atoms with van der Waals surface area (Å²) in [6, 6.07) is 9.04. The number of hydrogen-bond donors (Lipinski definition) is 2. The summed E-state index contributed by atoms with van der Waals surface area (Å²) in [4.78, 5) is 14.4. The average Bonchev–Trinajstić information content (AvgIpc) is 2.75. The molecular weight excluding hydrogens is 258 g/mol. The van der Waals surface area contributed by atoms with Gasteiger partial charge < -0.3 is 10.4 Å². The SMILES string of the molecule is Cc1ccc(C(=O)NC(C)c2ccc(C)s2)c(O)c1. The molecule has 1 heterocycles. The Labute approximate surface area is 116 Å². The predicted molar refractivity (Wildman–Crippen MR) is 77.8 cm³/mol. The lowest BCUT2D eigenvalue weighted by Crippen LogP contribution is -2.26. The molecule has 0 aliphatic rings. The fourth-order valence-electron chi connectivity index (χ4n) is 1.87. The molecule has 1 amide bonds. The molecule has 3 nitrogen and oxygen atoms in total. The lowest BCUT2D eigenvalue weighted by atomic mass is 10.1. The van der Waals surface area contributed by atoms with Crippen LogP contribution in [-0.2, 0) is 0 Å². The minimum absolute atomic E-state index is 0.0204. The molecule has 4 heteroatoms. The summed E-state index contributed by atoms with van der Waals surface area (Å²) in [6.07, 6.45) is 0. The van der Waals surface area contributed by atoms with Gasteiger partial charge in [0, 0.05) is 9.75 Å². The number of thiophene rings is 1. The minimum atomic E-state index is -0.254. The van der Waals surface area contributed by atoms with Crippen LogP contribution in [0.4, 0.5) is 0 Å². The molecule has 1 unspecified atom stereocenters. The molecule has 19 heavy (non-hydrogen) atoms. The standard InChI is InChI=1S/C15H17NO2S/c1-9-4-6-12(13(17)8-9)15(18)16-11(3)14-7-5-10(2)19-14/h4-8,11,17H,1-3H3,(H,16,18). The molecule has 0 aliphatic heterocycles. The lowest BCUT2D eigenvalue weighted by molar-refractivity contribution is 0.0938. The third-order valence-electron chi connectivity index (χ3n) is 2.93. The fraction of sp³-hybridized carbons (Fsp3) is 0.267. The summed E-state index contributed by atoms with van der Waals surface area (Å²) in [6.45, 7) is 5.85. The highest BCUT2D eigenvalue weighted by Gasteiger charge is 2.15. The monoisotopic (exact) mass is 275 g/mol. The second-order valence-corrected chi connectivity index (χ2v) is 5.98. The number of carbonyl (C=O) groups excluding carboxylic acids is 1. The Morgan fingerprint density at radius 2 is 2.00 bits per heavy atom. The van der Waals surface area contributed by atoms with E-state index in [4.69, 9.17) is 0 Å².